The molecule has 3 rings (SSSR count). The number of amides is 1. The Kier molecular flexibility index (Phi) is 6.58. The van der Waals surface area contributed by atoms with Gasteiger partial charge in [0.05, 0.1) is 10.3 Å². The molecule has 1 aromatic rings. The molecule has 1 saturated heterocycles. The number of hydrogen-bond donors (Lipinski definition) is 1. The molecular formula is C18H27N3O3S2. The number of carbonyl (C=O) groups is 1. The molecule has 1 aliphatic heterocycles. The van der Waals surface area contributed by atoms with E-state index in [-0.39, 0.29) is 22.1 Å². The third-order valence-electron chi connectivity index (χ3n) is 5.22. The van der Waals surface area contributed by atoms with E-state index < -0.39 is 10.0 Å². The minimum atomic E-state index is -3.52. The van der Waals surface area contributed by atoms with Crippen LogP contribution in [0.1, 0.15) is 51.4 Å². The molecule has 6 nitrogen and oxygen atoms in total. The van der Waals surface area contributed by atoms with Crippen LogP contribution >= 0.6 is 11.8 Å². The lowest BCUT2D eigenvalue weighted by atomic mass is 9.96. The number of hydrogen-bond acceptors (Lipinski definition) is 5. The van der Waals surface area contributed by atoms with Crippen LogP contribution in [0.25, 0.3) is 0 Å². The van der Waals surface area contributed by atoms with Gasteiger partial charge in [-0.15, -0.1) is 0 Å². The highest BCUT2D eigenvalue weighted by molar-refractivity contribution is 8.00. The van der Waals surface area contributed by atoms with Crippen LogP contribution in [0.4, 0.5) is 0 Å². The Bertz CT molecular complexity index is 716. The molecule has 1 saturated carbocycles. The lowest BCUT2D eigenvalue weighted by Gasteiger charge is -2.30. The number of sulfonamides is 1. The summed E-state index contributed by atoms with van der Waals surface area (Å²) in [5.41, 5.74) is 0. The first-order chi connectivity index (χ1) is 12.5. The first kappa shape index (κ1) is 19.6. The van der Waals surface area contributed by atoms with Crippen molar-refractivity contribution in [3.05, 3.63) is 18.3 Å². The first-order valence-corrected chi connectivity index (χ1v) is 11.7. The van der Waals surface area contributed by atoms with Crippen molar-refractivity contribution in [1.29, 1.82) is 0 Å². The van der Waals surface area contributed by atoms with Gasteiger partial charge in [0.25, 0.3) is 0 Å². The molecule has 0 spiro atoms. The maximum Gasteiger partial charge on any atom is 0.244 e. The van der Waals surface area contributed by atoms with Gasteiger partial charge >= 0.3 is 0 Å². The molecule has 1 atom stereocenters. The van der Waals surface area contributed by atoms with Gasteiger partial charge in [0.1, 0.15) is 4.90 Å². The highest BCUT2D eigenvalue weighted by Gasteiger charge is 2.29. The minimum absolute atomic E-state index is 0.0445. The molecule has 1 aromatic heterocycles. The van der Waals surface area contributed by atoms with Crippen LogP contribution in [0.2, 0.25) is 0 Å². The maximum atomic E-state index is 12.8. The Morgan fingerprint density at radius 2 is 1.85 bits per heavy atom. The predicted octanol–water partition coefficient (Wildman–Crippen LogP) is 2.80. The number of nitrogens with zero attached hydrogens (tertiary/aromatic N) is 2. The smallest absolute Gasteiger partial charge is 0.244 e. The van der Waals surface area contributed by atoms with E-state index in [2.05, 4.69) is 10.3 Å². The summed E-state index contributed by atoms with van der Waals surface area (Å²) in [6.45, 7) is 0.730. The monoisotopic (exact) mass is 397 g/mol. The molecule has 2 aliphatic rings. The second-order valence-corrected chi connectivity index (χ2v) is 10.3. The third kappa shape index (κ3) is 4.58. The van der Waals surface area contributed by atoms with E-state index in [1.807, 2.05) is 0 Å². The van der Waals surface area contributed by atoms with E-state index >= 15 is 0 Å². The van der Waals surface area contributed by atoms with Crippen LogP contribution in [-0.2, 0) is 14.8 Å². The van der Waals surface area contributed by atoms with E-state index in [0.29, 0.717) is 5.03 Å². The molecule has 144 valence electrons. The third-order valence-corrected chi connectivity index (χ3v) is 8.33. The summed E-state index contributed by atoms with van der Waals surface area (Å²) in [6.07, 6.45) is 9.46. The SMILES string of the molecule is CN(C1CCCCC1)S(=O)(=O)c1ccc(SC2CCCCNC2=O)nc1. The van der Waals surface area contributed by atoms with Crippen LogP contribution in [0.5, 0.6) is 0 Å². The molecule has 0 bridgehead atoms. The summed E-state index contributed by atoms with van der Waals surface area (Å²) in [5, 5.41) is 3.44. The average molecular weight is 398 g/mol. The van der Waals surface area contributed by atoms with Crippen molar-refractivity contribution < 1.29 is 13.2 Å². The van der Waals surface area contributed by atoms with Gasteiger partial charge < -0.3 is 5.32 Å². The van der Waals surface area contributed by atoms with Crippen molar-refractivity contribution in [2.75, 3.05) is 13.6 Å². The fourth-order valence-electron chi connectivity index (χ4n) is 3.57. The van der Waals surface area contributed by atoms with Crippen molar-refractivity contribution in [3.63, 3.8) is 0 Å². The molecule has 1 N–H and O–H groups in total. The molecule has 26 heavy (non-hydrogen) atoms. The van der Waals surface area contributed by atoms with Gasteiger partial charge in [0, 0.05) is 25.8 Å². The number of thioether (sulfide) groups is 1. The zero-order valence-corrected chi connectivity index (χ0v) is 16.8. The normalized spacial score (nSPS) is 22.8. The molecule has 0 aromatic carbocycles. The topological polar surface area (TPSA) is 79.4 Å². The Balaban J connectivity index is 1.68. The standard InChI is InChI=1S/C18H27N3O3S2/c1-21(14-7-3-2-4-8-14)26(23,24)15-10-11-17(20-13-15)25-16-9-5-6-12-19-18(16)22/h10-11,13-14,16H,2-9,12H2,1H3,(H,19,22). The molecular weight excluding hydrogens is 370 g/mol. The van der Waals surface area contributed by atoms with Gasteiger partial charge in [-0.05, 0) is 37.8 Å². The Labute approximate surface area is 160 Å². The summed E-state index contributed by atoms with van der Waals surface area (Å²) in [7, 11) is -1.85. The highest BCUT2D eigenvalue weighted by Crippen LogP contribution is 2.29. The lowest BCUT2D eigenvalue weighted by molar-refractivity contribution is -0.120. The van der Waals surface area contributed by atoms with Gasteiger partial charge in [0.2, 0.25) is 15.9 Å². The van der Waals surface area contributed by atoms with E-state index in [0.717, 1.165) is 51.5 Å². The zero-order valence-electron chi connectivity index (χ0n) is 15.2. The van der Waals surface area contributed by atoms with Gasteiger partial charge in [-0.3, -0.25) is 4.79 Å². The molecule has 2 fully saturated rings. The second-order valence-electron chi connectivity index (χ2n) is 7.04. The fraction of sp³-hybridized carbons (Fsp3) is 0.667. The van der Waals surface area contributed by atoms with Crippen LogP contribution in [0.3, 0.4) is 0 Å². The minimum Gasteiger partial charge on any atom is -0.355 e. The summed E-state index contributed by atoms with van der Waals surface area (Å²) >= 11 is 1.41. The van der Waals surface area contributed by atoms with E-state index in [1.54, 1.807) is 19.2 Å². The maximum absolute atomic E-state index is 12.8. The van der Waals surface area contributed by atoms with Crippen molar-refractivity contribution in [2.24, 2.45) is 0 Å². The predicted molar refractivity (Wildman–Crippen MR) is 103 cm³/mol. The molecule has 2 heterocycles. The van der Waals surface area contributed by atoms with Crippen LogP contribution in [-0.4, -0.2) is 48.5 Å². The van der Waals surface area contributed by atoms with Crippen LogP contribution in [0, 0.1) is 0 Å². The molecule has 1 amide bonds. The summed E-state index contributed by atoms with van der Waals surface area (Å²) < 4.78 is 27.2. The lowest BCUT2D eigenvalue weighted by Crippen LogP contribution is -2.38. The number of rotatable bonds is 5. The summed E-state index contributed by atoms with van der Waals surface area (Å²) in [4.78, 5) is 16.6. The van der Waals surface area contributed by atoms with E-state index in [4.69, 9.17) is 0 Å². The molecule has 1 aliphatic carbocycles. The van der Waals surface area contributed by atoms with Crippen molar-refractivity contribution in [1.82, 2.24) is 14.6 Å². The molecule has 8 heteroatoms. The second kappa shape index (κ2) is 8.71. The Morgan fingerprint density at radius 1 is 1.12 bits per heavy atom. The van der Waals surface area contributed by atoms with Gasteiger partial charge in [-0.2, -0.15) is 4.31 Å². The number of nitrogens with one attached hydrogen (secondary N) is 1. The first-order valence-electron chi connectivity index (χ1n) is 9.37. The Morgan fingerprint density at radius 3 is 2.54 bits per heavy atom. The number of carbonyl (C=O) groups excluding carboxylic acids is 1. The van der Waals surface area contributed by atoms with Gasteiger partial charge in [0.15, 0.2) is 0 Å². The van der Waals surface area contributed by atoms with E-state index in [1.165, 1.54) is 28.7 Å². The zero-order chi connectivity index (χ0) is 18.6. The number of pyridine rings is 1. The van der Waals surface area contributed by atoms with Gasteiger partial charge in [-0.1, -0.05) is 37.4 Å². The van der Waals surface area contributed by atoms with Crippen LogP contribution < -0.4 is 5.32 Å². The molecule has 0 radical (unpaired) electrons. The van der Waals surface area contributed by atoms with Crippen molar-refractivity contribution >= 4 is 27.7 Å². The summed E-state index contributed by atoms with van der Waals surface area (Å²) in [5.74, 6) is 0.0445. The van der Waals surface area contributed by atoms with E-state index in [9.17, 15) is 13.2 Å². The van der Waals surface area contributed by atoms with Crippen molar-refractivity contribution in [2.45, 2.75) is 72.6 Å². The molecule has 1 unspecified atom stereocenters. The largest absolute Gasteiger partial charge is 0.355 e. The highest BCUT2D eigenvalue weighted by atomic mass is 32.2. The average Bonchev–Trinajstić information content (AvgIpc) is 2.87. The quantitative estimate of drug-likeness (QED) is 0.826. The van der Waals surface area contributed by atoms with Crippen LogP contribution in [0.15, 0.2) is 28.3 Å². The number of aromatic nitrogens is 1. The van der Waals surface area contributed by atoms with Gasteiger partial charge in [-0.25, -0.2) is 13.4 Å². The fourth-order valence-corrected chi connectivity index (χ4v) is 5.95. The van der Waals surface area contributed by atoms with Crippen molar-refractivity contribution in [3.8, 4) is 0 Å². The summed E-state index contributed by atoms with van der Waals surface area (Å²) in [6, 6.07) is 3.40. The Hall–Kier alpha value is -1.12.